The lowest BCUT2D eigenvalue weighted by atomic mass is 9.95. The van der Waals surface area contributed by atoms with Crippen molar-refractivity contribution in [3.05, 3.63) is 22.7 Å². The minimum atomic E-state index is -3.87. The summed E-state index contributed by atoms with van der Waals surface area (Å²) in [7, 11) is -3.87. The minimum absolute atomic E-state index is 0.0276. The number of rotatable bonds is 5. The van der Waals surface area contributed by atoms with Gasteiger partial charge >= 0.3 is 5.97 Å². The number of aromatic carboxylic acids is 1. The summed E-state index contributed by atoms with van der Waals surface area (Å²) in [6.07, 6.45) is 5.30. The highest BCUT2D eigenvalue weighted by Crippen LogP contribution is 2.33. The number of hydrogen-bond donors (Lipinski definition) is 2. The molecule has 1 aliphatic carbocycles. The molecule has 2 N–H and O–H groups in total. The van der Waals surface area contributed by atoms with Gasteiger partial charge in [-0.15, -0.1) is 0 Å². The van der Waals surface area contributed by atoms with Gasteiger partial charge in [0.15, 0.2) is 0 Å². The van der Waals surface area contributed by atoms with Crippen molar-refractivity contribution >= 4 is 33.3 Å². The quantitative estimate of drug-likeness (QED) is 0.786. The molecule has 7 nitrogen and oxygen atoms in total. The Labute approximate surface area is 158 Å². The predicted octanol–water partition coefficient (Wildman–Crippen LogP) is 2.80. The zero-order valence-electron chi connectivity index (χ0n) is 14.4. The molecule has 1 heterocycles. The number of halogens is 1. The van der Waals surface area contributed by atoms with Crippen molar-refractivity contribution in [1.29, 1.82) is 0 Å². The van der Waals surface area contributed by atoms with Crippen LogP contribution in [0.15, 0.2) is 17.0 Å². The van der Waals surface area contributed by atoms with E-state index in [2.05, 4.69) is 5.32 Å². The van der Waals surface area contributed by atoms with Crippen LogP contribution in [0, 0.1) is 0 Å². The summed E-state index contributed by atoms with van der Waals surface area (Å²) in [6.45, 7) is 1.07. The van der Waals surface area contributed by atoms with Crippen LogP contribution in [0.2, 0.25) is 5.02 Å². The molecule has 0 spiro atoms. The Bertz CT molecular complexity index is 772. The number of ether oxygens (including phenoxy) is 1. The number of carboxylic acid groups (broad SMARTS) is 1. The second-order valence-corrected chi connectivity index (χ2v) is 8.94. The van der Waals surface area contributed by atoms with Crippen molar-refractivity contribution in [2.24, 2.45) is 0 Å². The number of benzene rings is 1. The van der Waals surface area contributed by atoms with Crippen LogP contribution in [0.5, 0.6) is 0 Å². The molecule has 9 heteroatoms. The maximum atomic E-state index is 12.9. The van der Waals surface area contributed by atoms with Crippen molar-refractivity contribution in [3.63, 3.8) is 0 Å². The molecular formula is C17H23ClN2O5S. The minimum Gasteiger partial charge on any atom is -0.478 e. The van der Waals surface area contributed by atoms with Crippen molar-refractivity contribution in [3.8, 4) is 0 Å². The fourth-order valence-corrected chi connectivity index (χ4v) is 5.38. The standard InChI is InChI=1S/C17H23ClN2O5S/c18-14-11-15(19-12-4-2-1-3-5-12)13(17(21)22)10-16(14)26(23,24)20-6-8-25-9-7-20/h10-12,19H,1-9H2,(H,21,22). The zero-order chi connectivity index (χ0) is 18.7. The lowest BCUT2D eigenvalue weighted by molar-refractivity contribution is 0.0697. The highest BCUT2D eigenvalue weighted by atomic mass is 35.5. The molecule has 1 saturated carbocycles. The second-order valence-electron chi connectivity index (χ2n) is 6.63. The number of hydrogen-bond acceptors (Lipinski definition) is 5. The summed E-state index contributed by atoms with van der Waals surface area (Å²) in [6, 6.07) is 2.77. The number of morpholine rings is 1. The van der Waals surface area contributed by atoms with Crippen LogP contribution in [0.3, 0.4) is 0 Å². The molecule has 1 aromatic rings. The molecule has 1 aromatic carbocycles. The van der Waals surface area contributed by atoms with E-state index in [-0.39, 0.29) is 34.6 Å². The van der Waals surface area contributed by atoms with Gasteiger partial charge in [0.1, 0.15) is 4.90 Å². The zero-order valence-corrected chi connectivity index (χ0v) is 16.0. The Morgan fingerprint density at radius 1 is 1.19 bits per heavy atom. The van der Waals surface area contributed by atoms with Crippen molar-refractivity contribution in [1.82, 2.24) is 4.31 Å². The van der Waals surface area contributed by atoms with Gasteiger partial charge in [0.2, 0.25) is 10.0 Å². The molecule has 1 saturated heterocycles. The summed E-state index contributed by atoms with van der Waals surface area (Å²) in [4.78, 5) is 11.5. The molecule has 2 fully saturated rings. The van der Waals surface area contributed by atoms with E-state index in [0.717, 1.165) is 25.7 Å². The fourth-order valence-electron chi connectivity index (χ4n) is 3.44. The molecule has 0 bridgehead atoms. The van der Waals surface area contributed by atoms with E-state index in [0.29, 0.717) is 18.9 Å². The average Bonchev–Trinajstić information content (AvgIpc) is 2.63. The van der Waals surface area contributed by atoms with Crippen molar-refractivity contribution < 1.29 is 23.1 Å². The lowest BCUT2D eigenvalue weighted by Gasteiger charge is -2.27. The topological polar surface area (TPSA) is 95.9 Å². The third kappa shape index (κ3) is 4.14. The normalized spacial score (nSPS) is 20.0. The van der Waals surface area contributed by atoms with Gasteiger partial charge in [-0.1, -0.05) is 30.9 Å². The van der Waals surface area contributed by atoms with Crippen LogP contribution in [-0.2, 0) is 14.8 Å². The molecule has 0 unspecified atom stereocenters. The van der Waals surface area contributed by atoms with E-state index >= 15 is 0 Å². The van der Waals surface area contributed by atoms with E-state index in [9.17, 15) is 18.3 Å². The predicted molar refractivity (Wildman–Crippen MR) is 98.5 cm³/mol. The van der Waals surface area contributed by atoms with Gasteiger partial charge in [-0.05, 0) is 25.0 Å². The number of nitrogens with one attached hydrogen (secondary N) is 1. The molecule has 3 rings (SSSR count). The third-order valence-electron chi connectivity index (χ3n) is 4.86. The highest BCUT2D eigenvalue weighted by molar-refractivity contribution is 7.89. The number of carbonyl (C=O) groups is 1. The SMILES string of the molecule is O=C(O)c1cc(S(=O)(=O)N2CCOCC2)c(Cl)cc1NC1CCCCC1. The van der Waals surface area contributed by atoms with E-state index in [1.54, 1.807) is 0 Å². The third-order valence-corrected chi connectivity index (χ3v) is 7.22. The largest absolute Gasteiger partial charge is 0.478 e. The van der Waals surface area contributed by atoms with E-state index < -0.39 is 16.0 Å². The monoisotopic (exact) mass is 402 g/mol. The van der Waals surface area contributed by atoms with E-state index in [1.807, 2.05) is 0 Å². The first-order valence-electron chi connectivity index (χ1n) is 8.81. The summed E-state index contributed by atoms with van der Waals surface area (Å²) in [5.74, 6) is -1.18. The van der Waals surface area contributed by atoms with Crippen LogP contribution in [-0.4, -0.2) is 56.1 Å². The van der Waals surface area contributed by atoms with Gasteiger partial charge in [0, 0.05) is 19.1 Å². The molecule has 1 aliphatic heterocycles. The molecule has 0 aromatic heterocycles. The Kier molecular flexibility index (Phi) is 6.06. The molecule has 0 radical (unpaired) electrons. The van der Waals surface area contributed by atoms with E-state index in [1.165, 1.54) is 22.9 Å². The van der Waals surface area contributed by atoms with Crippen LogP contribution in [0.1, 0.15) is 42.5 Å². The fraction of sp³-hybridized carbons (Fsp3) is 0.588. The number of carboxylic acids is 1. The van der Waals surface area contributed by atoms with Gasteiger partial charge < -0.3 is 15.2 Å². The maximum absolute atomic E-state index is 12.9. The van der Waals surface area contributed by atoms with Gasteiger partial charge in [-0.25, -0.2) is 13.2 Å². The van der Waals surface area contributed by atoms with Crippen LogP contribution >= 0.6 is 11.6 Å². The number of nitrogens with zero attached hydrogens (tertiary/aromatic N) is 1. The van der Waals surface area contributed by atoms with Gasteiger partial charge in [-0.2, -0.15) is 4.31 Å². The highest BCUT2D eigenvalue weighted by Gasteiger charge is 2.30. The Morgan fingerprint density at radius 3 is 2.46 bits per heavy atom. The van der Waals surface area contributed by atoms with E-state index in [4.69, 9.17) is 16.3 Å². The molecule has 0 atom stereocenters. The Balaban J connectivity index is 1.94. The first-order valence-corrected chi connectivity index (χ1v) is 10.6. The lowest BCUT2D eigenvalue weighted by Crippen LogP contribution is -2.40. The summed E-state index contributed by atoms with van der Waals surface area (Å²) < 4.78 is 32.2. The van der Waals surface area contributed by atoms with Gasteiger partial charge in [0.05, 0.1) is 29.5 Å². The second kappa shape index (κ2) is 8.12. The smallest absolute Gasteiger partial charge is 0.337 e. The van der Waals surface area contributed by atoms with Crippen LogP contribution < -0.4 is 5.32 Å². The van der Waals surface area contributed by atoms with Crippen molar-refractivity contribution in [2.45, 2.75) is 43.0 Å². The molecule has 26 heavy (non-hydrogen) atoms. The Morgan fingerprint density at radius 2 is 1.85 bits per heavy atom. The number of anilines is 1. The molecule has 144 valence electrons. The summed E-state index contributed by atoms with van der Waals surface area (Å²) in [5, 5.41) is 12.8. The molecule has 0 amide bonds. The Hall–Kier alpha value is -1.35. The number of sulfonamides is 1. The summed E-state index contributed by atoms with van der Waals surface area (Å²) in [5.41, 5.74) is 0.294. The van der Waals surface area contributed by atoms with Gasteiger partial charge in [0.25, 0.3) is 0 Å². The summed E-state index contributed by atoms with van der Waals surface area (Å²) >= 11 is 6.26. The molecular weight excluding hydrogens is 380 g/mol. The molecule has 2 aliphatic rings. The first-order chi connectivity index (χ1) is 12.4. The maximum Gasteiger partial charge on any atom is 0.337 e. The van der Waals surface area contributed by atoms with Gasteiger partial charge in [-0.3, -0.25) is 0 Å². The van der Waals surface area contributed by atoms with Crippen LogP contribution in [0.25, 0.3) is 0 Å². The van der Waals surface area contributed by atoms with Crippen molar-refractivity contribution in [2.75, 3.05) is 31.6 Å². The first kappa shape index (κ1) is 19.4. The van der Waals surface area contributed by atoms with Crippen LogP contribution in [0.4, 0.5) is 5.69 Å². The average molecular weight is 403 g/mol.